The predicted octanol–water partition coefficient (Wildman–Crippen LogP) is 5.94. The van der Waals surface area contributed by atoms with Crippen molar-refractivity contribution in [2.75, 3.05) is 0 Å². The molecule has 3 N–H and O–H groups in total. The lowest BCUT2D eigenvalue weighted by Gasteiger charge is -2.67. The quantitative estimate of drug-likeness (QED) is 0.453. The van der Waals surface area contributed by atoms with Crippen LogP contribution in [0.5, 0.6) is 0 Å². The van der Waals surface area contributed by atoms with Crippen LogP contribution in [-0.2, 0) is 0 Å². The Morgan fingerprint density at radius 3 is 2.26 bits per heavy atom. The fourth-order valence-electron chi connectivity index (χ4n) is 10.0. The molecule has 0 aromatic carbocycles. The number of hydrogen-bond acceptors (Lipinski definition) is 3. The first-order chi connectivity index (χ1) is 14.5. The average molecular weight is 435 g/mol. The number of hydrogen-bond donors (Lipinski definition) is 3. The minimum absolute atomic E-state index is 0.0000653. The minimum Gasteiger partial charge on any atom is -0.393 e. The summed E-state index contributed by atoms with van der Waals surface area (Å²) in [6.07, 6.45) is 12.6. The van der Waals surface area contributed by atoms with E-state index in [9.17, 15) is 15.3 Å². The smallest absolute Gasteiger partial charge is 0.0603 e. The SMILES string of the molecule is CC(C)CCCCCC1CC(O)C2C1(C)CCC1C3(C)CCCC(O)C3C(O)CC12C. The van der Waals surface area contributed by atoms with Gasteiger partial charge in [0.1, 0.15) is 0 Å². The first kappa shape index (κ1) is 24.0. The Hall–Kier alpha value is -0.120. The van der Waals surface area contributed by atoms with Crippen molar-refractivity contribution in [2.24, 2.45) is 45.8 Å². The van der Waals surface area contributed by atoms with Gasteiger partial charge in [0.05, 0.1) is 18.3 Å². The largest absolute Gasteiger partial charge is 0.393 e. The van der Waals surface area contributed by atoms with E-state index >= 15 is 0 Å². The molecule has 4 aliphatic rings. The van der Waals surface area contributed by atoms with Gasteiger partial charge in [-0.3, -0.25) is 0 Å². The fraction of sp³-hybridized carbons (Fsp3) is 1.00. The second-order valence-electron chi connectivity index (χ2n) is 13.4. The van der Waals surface area contributed by atoms with Crippen molar-refractivity contribution in [3.05, 3.63) is 0 Å². The van der Waals surface area contributed by atoms with Gasteiger partial charge in [-0.2, -0.15) is 0 Å². The van der Waals surface area contributed by atoms with Crippen LogP contribution in [-0.4, -0.2) is 33.6 Å². The molecule has 10 atom stereocenters. The molecule has 4 saturated carbocycles. The van der Waals surface area contributed by atoms with Gasteiger partial charge in [0.25, 0.3) is 0 Å². The highest BCUT2D eigenvalue weighted by atomic mass is 16.3. The first-order valence-corrected chi connectivity index (χ1v) is 13.6. The molecule has 0 bridgehead atoms. The van der Waals surface area contributed by atoms with Gasteiger partial charge in [-0.1, -0.05) is 66.7 Å². The van der Waals surface area contributed by atoms with Gasteiger partial charge in [0.2, 0.25) is 0 Å². The Morgan fingerprint density at radius 2 is 1.55 bits per heavy atom. The Labute approximate surface area is 191 Å². The van der Waals surface area contributed by atoms with E-state index in [2.05, 4.69) is 34.6 Å². The highest BCUT2D eigenvalue weighted by Gasteiger charge is 2.69. The second-order valence-corrected chi connectivity index (χ2v) is 13.4. The Morgan fingerprint density at radius 1 is 0.806 bits per heavy atom. The van der Waals surface area contributed by atoms with Crippen LogP contribution < -0.4 is 0 Å². The lowest BCUT2D eigenvalue weighted by molar-refractivity contribution is -0.233. The molecule has 0 aliphatic heterocycles. The van der Waals surface area contributed by atoms with E-state index in [0.29, 0.717) is 11.8 Å². The van der Waals surface area contributed by atoms with Crippen molar-refractivity contribution in [3.63, 3.8) is 0 Å². The van der Waals surface area contributed by atoms with E-state index in [1.807, 2.05) is 0 Å². The van der Waals surface area contributed by atoms with Gasteiger partial charge in [-0.25, -0.2) is 0 Å². The highest BCUT2D eigenvalue weighted by Crippen LogP contribution is 2.72. The molecule has 0 radical (unpaired) electrons. The third-order valence-corrected chi connectivity index (χ3v) is 11.1. The van der Waals surface area contributed by atoms with E-state index in [0.717, 1.165) is 38.0 Å². The van der Waals surface area contributed by atoms with Crippen LogP contribution >= 0.6 is 0 Å². The highest BCUT2D eigenvalue weighted by molar-refractivity contribution is 5.17. The zero-order valence-corrected chi connectivity index (χ0v) is 20.9. The van der Waals surface area contributed by atoms with Crippen molar-refractivity contribution in [1.82, 2.24) is 0 Å². The maximum absolute atomic E-state index is 11.4. The molecular weight excluding hydrogens is 384 g/mol. The summed E-state index contributed by atoms with van der Waals surface area (Å²) in [6, 6.07) is 0. The molecule has 0 amide bonds. The molecule has 0 heterocycles. The number of aliphatic hydroxyl groups excluding tert-OH is 3. The summed E-state index contributed by atoms with van der Waals surface area (Å²) in [4.78, 5) is 0. The van der Waals surface area contributed by atoms with Gasteiger partial charge in [0.15, 0.2) is 0 Å². The lowest BCUT2D eigenvalue weighted by Crippen LogP contribution is -2.65. The molecule has 180 valence electrons. The minimum atomic E-state index is -0.439. The summed E-state index contributed by atoms with van der Waals surface area (Å²) in [5, 5.41) is 33.5. The standard InChI is InChI=1S/C28H50O3/c1-18(2)10-7-6-8-11-19-16-21(30)25-26(19,3)15-13-23-27(4)14-9-12-20(29)24(27)22(31)17-28(23,25)5/h18-25,29-31H,6-17H2,1-5H3. The van der Waals surface area contributed by atoms with Crippen LogP contribution in [0.25, 0.3) is 0 Å². The van der Waals surface area contributed by atoms with Crippen molar-refractivity contribution < 1.29 is 15.3 Å². The second kappa shape index (κ2) is 8.58. The van der Waals surface area contributed by atoms with Crippen LogP contribution in [0.2, 0.25) is 0 Å². The van der Waals surface area contributed by atoms with Crippen LogP contribution in [0, 0.1) is 45.8 Å². The number of rotatable bonds is 6. The molecule has 31 heavy (non-hydrogen) atoms. The fourth-order valence-corrected chi connectivity index (χ4v) is 10.0. The van der Waals surface area contributed by atoms with Crippen molar-refractivity contribution in [2.45, 2.75) is 130 Å². The number of aliphatic hydroxyl groups is 3. The summed E-state index contributed by atoms with van der Waals surface area (Å²) in [7, 11) is 0. The van der Waals surface area contributed by atoms with E-state index < -0.39 is 6.10 Å². The Balaban J connectivity index is 1.53. The summed E-state index contributed by atoms with van der Waals surface area (Å²) in [6.45, 7) is 11.9. The van der Waals surface area contributed by atoms with Crippen LogP contribution in [0.4, 0.5) is 0 Å². The summed E-state index contributed by atoms with van der Waals surface area (Å²) < 4.78 is 0. The summed E-state index contributed by atoms with van der Waals surface area (Å²) in [5.41, 5.74) is 0.166. The van der Waals surface area contributed by atoms with E-state index in [1.165, 1.54) is 44.9 Å². The molecule has 4 fully saturated rings. The normalized spacial score (nSPS) is 52.0. The molecule has 4 rings (SSSR count). The zero-order chi connectivity index (χ0) is 22.6. The van der Waals surface area contributed by atoms with Crippen molar-refractivity contribution in [1.29, 1.82) is 0 Å². The van der Waals surface area contributed by atoms with E-state index in [1.54, 1.807) is 0 Å². The van der Waals surface area contributed by atoms with Gasteiger partial charge < -0.3 is 15.3 Å². The van der Waals surface area contributed by atoms with Gasteiger partial charge in [0, 0.05) is 5.92 Å². The maximum Gasteiger partial charge on any atom is 0.0603 e. The van der Waals surface area contributed by atoms with Gasteiger partial charge in [-0.15, -0.1) is 0 Å². The molecule has 4 aliphatic carbocycles. The van der Waals surface area contributed by atoms with E-state index in [4.69, 9.17) is 0 Å². The van der Waals surface area contributed by atoms with Crippen LogP contribution in [0.15, 0.2) is 0 Å². The topological polar surface area (TPSA) is 60.7 Å². The van der Waals surface area contributed by atoms with Crippen molar-refractivity contribution in [3.8, 4) is 0 Å². The third-order valence-electron chi connectivity index (χ3n) is 11.1. The first-order valence-electron chi connectivity index (χ1n) is 13.6. The molecule has 0 aromatic rings. The Kier molecular flexibility index (Phi) is 6.65. The van der Waals surface area contributed by atoms with E-state index in [-0.39, 0.29) is 40.3 Å². The maximum atomic E-state index is 11.4. The van der Waals surface area contributed by atoms with Crippen LogP contribution in [0.3, 0.4) is 0 Å². The molecule has 10 unspecified atom stereocenters. The van der Waals surface area contributed by atoms with Crippen molar-refractivity contribution >= 4 is 0 Å². The zero-order valence-electron chi connectivity index (χ0n) is 20.9. The lowest BCUT2D eigenvalue weighted by atomic mass is 9.38. The molecule has 0 saturated heterocycles. The molecule has 3 nitrogen and oxygen atoms in total. The Bertz CT molecular complexity index is 634. The molecule has 3 heteroatoms. The molecule has 0 spiro atoms. The van der Waals surface area contributed by atoms with Gasteiger partial charge in [-0.05, 0) is 84.9 Å². The number of fused-ring (bicyclic) bond motifs is 5. The third kappa shape index (κ3) is 3.83. The monoisotopic (exact) mass is 434 g/mol. The molecular formula is C28H50O3. The van der Waals surface area contributed by atoms with Gasteiger partial charge >= 0.3 is 0 Å². The number of unbranched alkanes of at least 4 members (excludes halogenated alkanes) is 2. The summed E-state index contributed by atoms with van der Waals surface area (Å²) in [5.74, 6) is 2.21. The average Bonchev–Trinajstić information content (AvgIpc) is 2.91. The summed E-state index contributed by atoms with van der Waals surface area (Å²) >= 11 is 0. The van der Waals surface area contributed by atoms with Crippen LogP contribution in [0.1, 0.15) is 112 Å². The predicted molar refractivity (Wildman–Crippen MR) is 127 cm³/mol. The molecule has 0 aromatic heterocycles.